The van der Waals surface area contributed by atoms with Gasteiger partial charge in [-0.3, -0.25) is 4.79 Å². The summed E-state index contributed by atoms with van der Waals surface area (Å²) in [5, 5.41) is 10.1. The van der Waals surface area contributed by atoms with Gasteiger partial charge in [0.2, 0.25) is 5.82 Å². The van der Waals surface area contributed by atoms with Crippen LogP contribution in [0.15, 0.2) is 47.1 Å². The molecule has 25 heavy (non-hydrogen) atoms. The Morgan fingerprint density at radius 1 is 1.24 bits per heavy atom. The number of carbonyl (C=O) groups is 1. The fourth-order valence-corrected chi connectivity index (χ4v) is 2.39. The number of nitrogens with one attached hydrogen (secondary N) is 1. The van der Waals surface area contributed by atoms with Crippen LogP contribution in [0, 0.1) is 12.7 Å². The zero-order valence-electron chi connectivity index (χ0n) is 13.7. The van der Waals surface area contributed by atoms with Crippen molar-refractivity contribution in [3.8, 4) is 17.0 Å². The molecule has 1 amide bonds. The van der Waals surface area contributed by atoms with Gasteiger partial charge in [-0.25, -0.2) is 9.02 Å². The average Bonchev–Trinajstić information content (AvgIpc) is 3.05. The van der Waals surface area contributed by atoms with Crippen LogP contribution in [0.4, 0.5) is 10.2 Å². The number of aryl methyl sites for hydroxylation is 1. The van der Waals surface area contributed by atoms with Crippen LogP contribution in [0.25, 0.3) is 11.3 Å². The number of nitrogens with zero attached hydrogens (tertiary/aromatic N) is 2. The van der Waals surface area contributed by atoms with E-state index >= 15 is 0 Å². The maximum Gasteiger partial charge on any atom is 0.259 e. The second-order valence-electron chi connectivity index (χ2n) is 5.31. The molecule has 0 aliphatic carbocycles. The molecule has 7 heteroatoms. The summed E-state index contributed by atoms with van der Waals surface area (Å²) in [6.45, 7) is 4.38. The van der Waals surface area contributed by atoms with E-state index in [4.69, 9.17) is 9.37 Å². The number of anilines is 1. The highest BCUT2D eigenvalue weighted by Crippen LogP contribution is 2.29. The largest absolute Gasteiger partial charge is 0.494 e. The van der Waals surface area contributed by atoms with Gasteiger partial charge in [-0.2, -0.15) is 0 Å². The van der Waals surface area contributed by atoms with Crippen molar-refractivity contribution in [2.24, 2.45) is 0 Å². The molecule has 128 valence electrons. The fourth-order valence-electron chi connectivity index (χ4n) is 2.39. The molecule has 0 aliphatic heterocycles. The van der Waals surface area contributed by atoms with E-state index in [-0.39, 0.29) is 11.4 Å². The number of rotatable bonds is 5. The first-order chi connectivity index (χ1) is 12.1. The summed E-state index contributed by atoms with van der Waals surface area (Å²) in [4.78, 5) is 12.2. The molecule has 0 aliphatic rings. The summed E-state index contributed by atoms with van der Waals surface area (Å²) >= 11 is 0. The maximum absolute atomic E-state index is 13.7. The number of amides is 1. The summed E-state index contributed by atoms with van der Waals surface area (Å²) in [6.07, 6.45) is 0. The lowest BCUT2D eigenvalue weighted by Gasteiger charge is -2.08. The predicted octanol–water partition coefficient (Wildman–Crippen LogP) is 3.84. The second-order valence-corrected chi connectivity index (χ2v) is 5.31. The highest BCUT2D eigenvalue weighted by atomic mass is 19.1. The van der Waals surface area contributed by atoms with Crippen molar-refractivity contribution in [2.45, 2.75) is 13.8 Å². The monoisotopic (exact) mass is 341 g/mol. The predicted molar refractivity (Wildman–Crippen MR) is 90.0 cm³/mol. The third-order valence-electron chi connectivity index (χ3n) is 3.59. The van der Waals surface area contributed by atoms with E-state index in [1.165, 1.54) is 18.2 Å². The molecule has 6 nitrogen and oxygen atoms in total. The Kier molecular flexibility index (Phi) is 4.74. The Labute approximate surface area is 143 Å². The van der Waals surface area contributed by atoms with Crippen LogP contribution in [0.3, 0.4) is 0 Å². The fraction of sp³-hybridized carbons (Fsp3) is 0.167. The van der Waals surface area contributed by atoms with E-state index in [1.807, 2.05) is 26.0 Å². The molecule has 1 heterocycles. The Bertz CT molecular complexity index is 908. The van der Waals surface area contributed by atoms with Crippen LogP contribution in [0.1, 0.15) is 22.8 Å². The number of halogens is 1. The van der Waals surface area contributed by atoms with Gasteiger partial charge in [-0.1, -0.05) is 12.1 Å². The maximum atomic E-state index is 13.7. The minimum absolute atomic E-state index is 0.0840. The van der Waals surface area contributed by atoms with E-state index in [1.54, 1.807) is 12.1 Å². The Morgan fingerprint density at radius 3 is 2.76 bits per heavy atom. The van der Waals surface area contributed by atoms with Crippen molar-refractivity contribution in [3.05, 3.63) is 59.4 Å². The summed E-state index contributed by atoms with van der Waals surface area (Å²) in [7, 11) is 0. The third-order valence-corrected chi connectivity index (χ3v) is 3.59. The molecule has 0 spiro atoms. The summed E-state index contributed by atoms with van der Waals surface area (Å²) in [6, 6.07) is 11.1. The molecule has 0 atom stereocenters. The standard InChI is InChI=1S/C18H16FN3O3/c1-3-24-15-9-8-12(10-11(15)2)16-17(22-25-21-16)20-18(23)13-6-4-5-7-14(13)19/h4-10H,3H2,1-2H3,(H,20,22,23). The number of hydrogen-bond acceptors (Lipinski definition) is 5. The van der Waals surface area contributed by atoms with Gasteiger partial charge in [0.1, 0.15) is 11.6 Å². The summed E-state index contributed by atoms with van der Waals surface area (Å²) < 4.78 is 24.0. The third kappa shape index (κ3) is 3.50. The van der Waals surface area contributed by atoms with Crippen molar-refractivity contribution in [1.29, 1.82) is 0 Å². The van der Waals surface area contributed by atoms with Gasteiger partial charge < -0.3 is 10.1 Å². The molecular weight excluding hydrogens is 325 g/mol. The lowest BCUT2D eigenvalue weighted by molar-refractivity contribution is 0.102. The molecule has 3 aromatic rings. The summed E-state index contributed by atoms with van der Waals surface area (Å²) in [5.41, 5.74) is 1.88. The smallest absolute Gasteiger partial charge is 0.259 e. The normalized spacial score (nSPS) is 10.5. The Balaban J connectivity index is 1.87. The molecule has 2 aromatic carbocycles. The quantitative estimate of drug-likeness (QED) is 0.763. The zero-order chi connectivity index (χ0) is 17.8. The zero-order valence-corrected chi connectivity index (χ0v) is 13.7. The average molecular weight is 341 g/mol. The van der Waals surface area contributed by atoms with Gasteiger partial charge in [0, 0.05) is 5.56 Å². The lowest BCUT2D eigenvalue weighted by atomic mass is 10.1. The lowest BCUT2D eigenvalue weighted by Crippen LogP contribution is -2.14. The Hall–Kier alpha value is -3.22. The van der Waals surface area contributed by atoms with E-state index in [0.29, 0.717) is 17.9 Å². The minimum Gasteiger partial charge on any atom is -0.494 e. The molecule has 0 bridgehead atoms. The van der Waals surface area contributed by atoms with Crippen molar-refractivity contribution in [2.75, 3.05) is 11.9 Å². The number of ether oxygens (including phenoxy) is 1. The molecule has 0 saturated heterocycles. The van der Waals surface area contributed by atoms with Crippen molar-refractivity contribution in [3.63, 3.8) is 0 Å². The van der Waals surface area contributed by atoms with Gasteiger partial charge in [0.25, 0.3) is 5.91 Å². The number of hydrogen-bond donors (Lipinski definition) is 1. The van der Waals surface area contributed by atoms with Crippen LogP contribution in [-0.2, 0) is 0 Å². The minimum atomic E-state index is -0.627. The van der Waals surface area contributed by atoms with Gasteiger partial charge in [0.15, 0.2) is 5.69 Å². The van der Waals surface area contributed by atoms with E-state index in [2.05, 4.69) is 15.6 Å². The molecule has 1 N–H and O–H groups in total. The van der Waals surface area contributed by atoms with Gasteiger partial charge >= 0.3 is 0 Å². The second kappa shape index (κ2) is 7.12. The molecular formula is C18H16FN3O3. The van der Waals surface area contributed by atoms with Crippen LogP contribution < -0.4 is 10.1 Å². The highest BCUT2D eigenvalue weighted by Gasteiger charge is 2.18. The van der Waals surface area contributed by atoms with Gasteiger partial charge in [-0.05, 0) is 60.1 Å². The van der Waals surface area contributed by atoms with Crippen molar-refractivity contribution < 1.29 is 18.6 Å². The molecule has 3 rings (SSSR count). The molecule has 1 aromatic heterocycles. The SMILES string of the molecule is CCOc1ccc(-c2nonc2NC(=O)c2ccccc2F)cc1C. The number of aromatic nitrogens is 2. The van der Waals surface area contributed by atoms with Crippen LogP contribution in [0.5, 0.6) is 5.75 Å². The Morgan fingerprint density at radius 2 is 2.04 bits per heavy atom. The molecule has 0 radical (unpaired) electrons. The van der Waals surface area contributed by atoms with Crippen LogP contribution >= 0.6 is 0 Å². The number of benzene rings is 2. The first kappa shape index (κ1) is 16.6. The van der Waals surface area contributed by atoms with Crippen LogP contribution in [-0.4, -0.2) is 22.8 Å². The molecule has 0 saturated carbocycles. The topological polar surface area (TPSA) is 77.2 Å². The van der Waals surface area contributed by atoms with Crippen molar-refractivity contribution in [1.82, 2.24) is 10.3 Å². The molecule has 0 unspecified atom stereocenters. The van der Waals surface area contributed by atoms with E-state index < -0.39 is 11.7 Å². The van der Waals surface area contributed by atoms with E-state index in [0.717, 1.165) is 11.3 Å². The first-order valence-electron chi connectivity index (χ1n) is 7.72. The highest BCUT2D eigenvalue weighted by molar-refractivity contribution is 6.05. The van der Waals surface area contributed by atoms with Crippen molar-refractivity contribution >= 4 is 11.7 Å². The van der Waals surface area contributed by atoms with Gasteiger partial charge in [-0.15, -0.1) is 0 Å². The first-order valence-corrected chi connectivity index (χ1v) is 7.72. The van der Waals surface area contributed by atoms with Gasteiger partial charge in [0.05, 0.1) is 12.2 Å². The van der Waals surface area contributed by atoms with Crippen LogP contribution in [0.2, 0.25) is 0 Å². The summed E-state index contributed by atoms with van der Waals surface area (Å²) in [5.74, 6) is -0.357. The van der Waals surface area contributed by atoms with E-state index in [9.17, 15) is 9.18 Å². The number of carbonyl (C=O) groups excluding carboxylic acids is 1. The molecule has 0 fully saturated rings.